The molecule has 0 aliphatic heterocycles. The molecule has 0 N–H and O–H groups in total. The van der Waals surface area contributed by atoms with Crippen LogP contribution in [0.1, 0.15) is 55.0 Å². The molecule has 3 aromatic rings. The van der Waals surface area contributed by atoms with E-state index in [1.54, 1.807) is 18.3 Å². The van der Waals surface area contributed by atoms with Crippen LogP contribution in [0.2, 0.25) is 0 Å². The highest BCUT2D eigenvalue weighted by Crippen LogP contribution is 2.30. The lowest BCUT2D eigenvalue weighted by Gasteiger charge is -2.23. The Bertz CT molecular complexity index is 1190. The van der Waals surface area contributed by atoms with Gasteiger partial charge in [-0.15, -0.1) is 5.10 Å². The molecule has 0 radical (unpaired) electrons. The van der Waals surface area contributed by atoms with E-state index in [-0.39, 0.29) is 11.1 Å². The maximum absolute atomic E-state index is 12.9. The molecule has 1 saturated carbocycles. The summed E-state index contributed by atoms with van der Waals surface area (Å²) in [5.74, 6) is 0. The highest BCUT2D eigenvalue weighted by molar-refractivity contribution is 7.12. The number of aromatic nitrogens is 2. The molecule has 0 amide bonds. The van der Waals surface area contributed by atoms with E-state index >= 15 is 0 Å². The van der Waals surface area contributed by atoms with Crippen molar-refractivity contribution in [2.45, 2.75) is 52.0 Å². The normalized spacial score (nSPS) is 15.4. The third kappa shape index (κ3) is 3.83. The molecule has 148 valence electrons. The van der Waals surface area contributed by atoms with Crippen LogP contribution < -0.4 is 10.4 Å². The van der Waals surface area contributed by atoms with Crippen LogP contribution in [-0.4, -0.2) is 9.24 Å². The molecular weight excluding hydrogens is 380 g/mol. The lowest BCUT2D eigenvalue weighted by molar-refractivity contribution is 0.347. The van der Waals surface area contributed by atoms with Crippen LogP contribution in [0.3, 0.4) is 0 Å². The lowest BCUT2D eigenvalue weighted by atomic mass is 9.95. The second-order valence-corrected chi connectivity index (χ2v) is 8.62. The van der Waals surface area contributed by atoms with Gasteiger partial charge in [-0.1, -0.05) is 60.9 Å². The number of rotatable bonds is 3. The summed E-state index contributed by atoms with van der Waals surface area (Å²) in [5, 5.41) is 14.1. The van der Waals surface area contributed by atoms with Crippen LogP contribution in [0.15, 0.2) is 52.5 Å². The van der Waals surface area contributed by atoms with Crippen LogP contribution in [0.25, 0.3) is 10.4 Å². The van der Waals surface area contributed by atoms with E-state index in [4.69, 9.17) is 5.10 Å². The van der Waals surface area contributed by atoms with Gasteiger partial charge in [0.25, 0.3) is 5.56 Å². The topological polar surface area (TPSA) is 63.1 Å². The maximum atomic E-state index is 12.9. The van der Waals surface area contributed by atoms with Crippen molar-refractivity contribution in [2.75, 3.05) is 0 Å². The largest absolute Gasteiger partial charge is 0.319 e. The number of thiazole rings is 1. The van der Waals surface area contributed by atoms with E-state index in [0.717, 1.165) is 33.8 Å². The number of hydrogen-bond donors (Lipinski definition) is 0. The summed E-state index contributed by atoms with van der Waals surface area (Å²) in [7, 11) is 0. The first-order chi connectivity index (χ1) is 14.1. The van der Waals surface area contributed by atoms with Gasteiger partial charge in [0.15, 0.2) is 0 Å². The smallest absolute Gasteiger partial charge is 0.289 e. The monoisotopic (exact) mass is 404 g/mol. The summed E-state index contributed by atoms with van der Waals surface area (Å²) < 4.78 is 3.62. The second-order valence-electron chi connectivity index (χ2n) is 7.62. The van der Waals surface area contributed by atoms with E-state index < -0.39 is 0 Å². The number of pyridine rings is 1. The Hall–Kier alpha value is -2.91. The number of hydrogen-bond acceptors (Lipinski definition) is 4. The summed E-state index contributed by atoms with van der Waals surface area (Å²) in [6.07, 6.45) is 8.15. The molecule has 0 saturated heterocycles. The van der Waals surface area contributed by atoms with E-state index in [1.165, 1.54) is 23.9 Å². The first-order valence-electron chi connectivity index (χ1n) is 10.0. The fraction of sp³-hybridized carbons (Fsp3) is 0.348. The summed E-state index contributed by atoms with van der Waals surface area (Å²) in [4.78, 5) is 14.8. The van der Waals surface area contributed by atoms with Gasteiger partial charge in [0.2, 0.25) is 4.80 Å². The van der Waals surface area contributed by atoms with E-state index in [2.05, 4.69) is 22.9 Å². The minimum absolute atomic E-state index is 0.156. The van der Waals surface area contributed by atoms with Crippen molar-refractivity contribution in [2.24, 2.45) is 5.10 Å². The highest BCUT2D eigenvalue weighted by Gasteiger charge is 2.19. The quantitative estimate of drug-likeness (QED) is 0.633. The van der Waals surface area contributed by atoms with Crippen molar-refractivity contribution in [3.63, 3.8) is 0 Å². The highest BCUT2D eigenvalue weighted by atomic mass is 32.1. The molecule has 0 atom stereocenters. The minimum Gasteiger partial charge on any atom is -0.319 e. The Kier molecular flexibility index (Phi) is 5.50. The average molecular weight is 405 g/mol. The number of benzene rings is 1. The van der Waals surface area contributed by atoms with Crippen molar-refractivity contribution < 1.29 is 0 Å². The lowest BCUT2D eigenvalue weighted by Crippen LogP contribution is -2.28. The van der Waals surface area contributed by atoms with Gasteiger partial charge >= 0.3 is 0 Å². The Morgan fingerprint density at radius 2 is 1.86 bits per heavy atom. The predicted molar refractivity (Wildman–Crippen MR) is 116 cm³/mol. The molecule has 6 heteroatoms. The van der Waals surface area contributed by atoms with Gasteiger partial charge < -0.3 is 4.57 Å². The van der Waals surface area contributed by atoms with E-state index in [0.29, 0.717) is 11.6 Å². The zero-order valence-electron chi connectivity index (χ0n) is 16.8. The van der Waals surface area contributed by atoms with Crippen LogP contribution in [0.4, 0.5) is 0 Å². The van der Waals surface area contributed by atoms with Crippen LogP contribution in [0.5, 0.6) is 0 Å². The van der Waals surface area contributed by atoms with Crippen molar-refractivity contribution in [3.8, 4) is 16.5 Å². The molecule has 5 nitrogen and oxygen atoms in total. The first-order valence-corrected chi connectivity index (χ1v) is 10.9. The minimum atomic E-state index is -0.352. The van der Waals surface area contributed by atoms with Crippen molar-refractivity contribution >= 4 is 11.3 Å². The Morgan fingerprint density at radius 3 is 2.55 bits per heavy atom. The number of aryl methyl sites for hydroxylation is 2. The standard InChI is InChI=1S/C23H24N4OS/c1-16-13-17(2)27(22(28)20(16)14-24)25-23-26(19-11-7-4-8-12-19)15-21(29-23)18-9-5-3-6-10-18/h3,5-6,9-10,13,15,19H,4,7-8,11-12H2,1-2H3/b25-23+. The Labute approximate surface area is 174 Å². The molecule has 1 aliphatic rings. The van der Waals surface area contributed by atoms with Crippen LogP contribution >= 0.6 is 11.3 Å². The third-order valence-corrected chi connectivity index (χ3v) is 6.60. The van der Waals surface area contributed by atoms with Gasteiger partial charge in [-0.2, -0.15) is 9.94 Å². The SMILES string of the molecule is Cc1cc(C)n(/N=c2/sc(-c3ccccc3)cn2C2CCCCC2)c(=O)c1C#N. The molecule has 1 aromatic carbocycles. The van der Waals surface area contributed by atoms with Crippen molar-refractivity contribution in [1.29, 1.82) is 5.26 Å². The molecule has 2 heterocycles. The molecule has 4 rings (SSSR count). The molecule has 0 bridgehead atoms. The number of nitrogens with zero attached hydrogens (tertiary/aromatic N) is 4. The van der Waals surface area contributed by atoms with Crippen LogP contribution in [-0.2, 0) is 0 Å². The molecule has 0 spiro atoms. The van der Waals surface area contributed by atoms with Gasteiger partial charge in [-0.05, 0) is 43.9 Å². The fourth-order valence-corrected chi connectivity index (χ4v) is 5.06. The van der Waals surface area contributed by atoms with Gasteiger partial charge in [0.05, 0.1) is 4.88 Å². The third-order valence-electron chi connectivity index (χ3n) is 5.56. The summed E-state index contributed by atoms with van der Waals surface area (Å²) >= 11 is 1.59. The van der Waals surface area contributed by atoms with Crippen molar-refractivity contribution in [3.05, 3.63) is 74.6 Å². The Morgan fingerprint density at radius 1 is 1.14 bits per heavy atom. The van der Waals surface area contributed by atoms with Crippen LogP contribution in [0, 0.1) is 25.2 Å². The average Bonchev–Trinajstić information content (AvgIpc) is 3.16. The maximum Gasteiger partial charge on any atom is 0.289 e. The first kappa shape index (κ1) is 19.4. The van der Waals surface area contributed by atoms with Gasteiger partial charge in [0, 0.05) is 17.9 Å². The number of nitriles is 1. The predicted octanol–water partition coefficient (Wildman–Crippen LogP) is 4.74. The molecule has 29 heavy (non-hydrogen) atoms. The summed E-state index contributed by atoms with van der Waals surface area (Å²) in [6.45, 7) is 3.65. The second kappa shape index (κ2) is 8.22. The summed E-state index contributed by atoms with van der Waals surface area (Å²) in [5.41, 5.74) is 2.38. The molecule has 0 unspecified atom stereocenters. The Balaban J connectivity index is 1.92. The van der Waals surface area contributed by atoms with E-state index in [9.17, 15) is 10.1 Å². The zero-order chi connectivity index (χ0) is 20.4. The molecule has 2 aromatic heterocycles. The molecular formula is C23H24N4OS. The fourth-order valence-electron chi connectivity index (χ4n) is 4.01. The van der Waals surface area contributed by atoms with Gasteiger partial charge in [-0.25, -0.2) is 0 Å². The van der Waals surface area contributed by atoms with Gasteiger partial charge in [0.1, 0.15) is 11.6 Å². The zero-order valence-corrected chi connectivity index (χ0v) is 17.6. The summed E-state index contributed by atoms with van der Waals surface area (Å²) in [6, 6.07) is 14.5. The molecule has 1 aliphatic carbocycles. The van der Waals surface area contributed by atoms with Gasteiger partial charge in [-0.3, -0.25) is 4.79 Å². The van der Waals surface area contributed by atoms with E-state index in [1.807, 2.05) is 37.3 Å². The van der Waals surface area contributed by atoms with Crippen molar-refractivity contribution in [1.82, 2.24) is 9.24 Å². The molecule has 1 fully saturated rings.